The van der Waals surface area contributed by atoms with Crippen molar-refractivity contribution in [1.82, 2.24) is 18.6 Å². The van der Waals surface area contributed by atoms with Crippen LogP contribution in [0.4, 0.5) is 0 Å². The largest absolute Gasteiger partial charge is 0.302 e. The number of unbranched alkanes of at least 4 members (excludes halogenated alkanes) is 1. The van der Waals surface area contributed by atoms with Crippen LogP contribution in [0.15, 0.2) is 36.7 Å². The molecule has 3 rings (SSSR count). The topological polar surface area (TPSA) is 41.9 Å². The summed E-state index contributed by atoms with van der Waals surface area (Å²) in [4.78, 5) is 6.14. The van der Waals surface area contributed by atoms with Gasteiger partial charge in [-0.2, -0.15) is 8.75 Å². The molecule has 0 radical (unpaired) electrons. The number of likely N-dealkylation sites (N-methyl/N-ethyl adjacent to an activating group) is 1. The third kappa shape index (κ3) is 7.45. The Labute approximate surface area is 156 Å². The Balaban J connectivity index is 0.000000316. The van der Waals surface area contributed by atoms with Crippen molar-refractivity contribution >= 4 is 17.3 Å². The highest BCUT2D eigenvalue weighted by Gasteiger charge is 2.16. The summed E-state index contributed by atoms with van der Waals surface area (Å²) >= 11 is 1.37. The van der Waals surface area contributed by atoms with Crippen LogP contribution in [0.25, 0.3) is 5.57 Å². The Morgan fingerprint density at radius 2 is 1.92 bits per heavy atom. The number of hydrogen-bond acceptors (Lipinski definition) is 5. The summed E-state index contributed by atoms with van der Waals surface area (Å²) in [6, 6.07) is 5.72. The standard InChI is InChI=1S/C15H25N3S.C5H5N/c1-12(2)7-4-5-9-14-15(17-19-16-14)13-8-6-10-18(3)11-13;1-2-4-6-5-3-1/h8,12H,4-7,9-11H2,1-3H3;1-5H. The first-order valence-electron chi connectivity index (χ1n) is 9.21. The van der Waals surface area contributed by atoms with Gasteiger partial charge in [0, 0.05) is 25.5 Å². The lowest BCUT2D eigenvalue weighted by Crippen LogP contribution is -2.25. The van der Waals surface area contributed by atoms with Crippen molar-refractivity contribution < 1.29 is 0 Å². The van der Waals surface area contributed by atoms with E-state index in [0.29, 0.717) is 0 Å². The van der Waals surface area contributed by atoms with E-state index in [1.807, 2.05) is 18.2 Å². The normalized spacial score (nSPS) is 14.8. The summed E-state index contributed by atoms with van der Waals surface area (Å²) in [5, 5.41) is 0. The third-order valence-electron chi connectivity index (χ3n) is 4.21. The molecule has 1 aliphatic heterocycles. The quantitative estimate of drug-likeness (QED) is 0.702. The summed E-state index contributed by atoms with van der Waals surface area (Å²) < 4.78 is 9.03. The number of aromatic nitrogens is 3. The highest BCUT2D eigenvalue weighted by Crippen LogP contribution is 2.23. The van der Waals surface area contributed by atoms with Crippen LogP contribution in [0.5, 0.6) is 0 Å². The van der Waals surface area contributed by atoms with E-state index in [2.05, 4.69) is 45.6 Å². The first kappa shape index (κ1) is 19.7. The second kappa shape index (κ2) is 11.1. The molecule has 0 fully saturated rings. The number of hydrogen-bond donors (Lipinski definition) is 0. The third-order valence-corrected chi connectivity index (χ3v) is 4.78. The van der Waals surface area contributed by atoms with Crippen LogP contribution in [0.3, 0.4) is 0 Å². The van der Waals surface area contributed by atoms with Gasteiger partial charge in [-0.3, -0.25) is 4.98 Å². The Kier molecular flexibility index (Phi) is 8.77. The highest BCUT2D eigenvalue weighted by molar-refractivity contribution is 6.99. The molecule has 25 heavy (non-hydrogen) atoms. The zero-order valence-electron chi connectivity index (χ0n) is 15.7. The van der Waals surface area contributed by atoms with Gasteiger partial charge in [-0.1, -0.05) is 38.8 Å². The van der Waals surface area contributed by atoms with Gasteiger partial charge in [-0.05, 0) is 49.9 Å². The maximum atomic E-state index is 4.52. The van der Waals surface area contributed by atoms with Gasteiger partial charge in [0.1, 0.15) is 5.69 Å². The maximum absolute atomic E-state index is 4.52. The molecule has 0 aliphatic carbocycles. The van der Waals surface area contributed by atoms with Gasteiger partial charge in [0.25, 0.3) is 0 Å². The van der Waals surface area contributed by atoms with Gasteiger partial charge in [0.15, 0.2) is 0 Å². The molecule has 0 bridgehead atoms. The SMILES string of the molecule is CC(C)CCCCc1nsnc1C1=CCCN(C)C1.c1ccncc1. The molecule has 0 unspecified atom stereocenters. The molecule has 3 heterocycles. The molecular weight excluding hydrogens is 328 g/mol. The monoisotopic (exact) mass is 358 g/mol. The molecule has 1 aliphatic rings. The van der Waals surface area contributed by atoms with E-state index in [1.54, 1.807) is 12.4 Å². The van der Waals surface area contributed by atoms with Crippen molar-refractivity contribution in [3.8, 4) is 0 Å². The summed E-state index contributed by atoms with van der Waals surface area (Å²) in [5.74, 6) is 0.808. The van der Waals surface area contributed by atoms with E-state index in [4.69, 9.17) is 0 Å². The molecule has 2 aromatic heterocycles. The predicted octanol–water partition coefficient (Wildman–Crippen LogP) is 4.71. The van der Waals surface area contributed by atoms with Crippen molar-refractivity contribution in [2.24, 2.45) is 5.92 Å². The molecule has 0 spiro atoms. The van der Waals surface area contributed by atoms with E-state index in [0.717, 1.165) is 31.8 Å². The van der Waals surface area contributed by atoms with Crippen molar-refractivity contribution in [2.45, 2.75) is 46.0 Å². The number of nitrogens with zero attached hydrogens (tertiary/aromatic N) is 4. The van der Waals surface area contributed by atoms with Gasteiger partial charge >= 0.3 is 0 Å². The van der Waals surface area contributed by atoms with Crippen molar-refractivity contribution in [3.63, 3.8) is 0 Å². The fraction of sp³-hybridized carbons (Fsp3) is 0.550. The number of aryl methyl sites for hydroxylation is 1. The van der Waals surface area contributed by atoms with Crippen LogP contribution in [-0.2, 0) is 6.42 Å². The molecule has 0 amide bonds. The molecule has 0 saturated heterocycles. The smallest absolute Gasteiger partial charge is 0.104 e. The second-order valence-electron chi connectivity index (χ2n) is 6.98. The van der Waals surface area contributed by atoms with Crippen molar-refractivity contribution in [2.75, 3.05) is 20.1 Å². The van der Waals surface area contributed by atoms with Crippen LogP contribution >= 0.6 is 11.7 Å². The molecule has 0 saturated carbocycles. The average molecular weight is 359 g/mol. The van der Waals surface area contributed by atoms with E-state index in [1.165, 1.54) is 48.0 Å². The number of pyridine rings is 1. The lowest BCUT2D eigenvalue weighted by Gasteiger charge is -2.22. The van der Waals surface area contributed by atoms with Gasteiger partial charge in [-0.25, -0.2) is 0 Å². The van der Waals surface area contributed by atoms with Crippen molar-refractivity contribution in [1.29, 1.82) is 0 Å². The zero-order chi connectivity index (χ0) is 17.9. The van der Waals surface area contributed by atoms with Crippen LogP contribution in [0.1, 0.15) is 50.9 Å². The molecule has 4 nitrogen and oxygen atoms in total. The fourth-order valence-corrected chi connectivity index (χ4v) is 3.46. The Bertz CT molecular complexity index is 595. The minimum absolute atomic E-state index is 0.808. The summed E-state index contributed by atoms with van der Waals surface area (Å²) in [7, 11) is 2.18. The molecule has 2 aromatic rings. The second-order valence-corrected chi connectivity index (χ2v) is 7.51. The molecule has 0 atom stereocenters. The minimum atomic E-state index is 0.808. The van der Waals surface area contributed by atoms with Gasteiger partial charge in [0.05, 0.1) is 17.4 Å². The van der Waals surface area contributed by atoms with E-state index >= 15 is 0 Å². The maximum Gasteiger partial charge on any atom is 0.104 e. The molecule has 0 N–H and O–H groups in total. The molecule has 136 valence electrons. The van der Waals surface area contributed by atoms with Crippen LogP contribution in [-0.4, -0.2) is 38.8 Å². The van der Waals surface area contributed by atoms with Crippen molar-refractivity contribution in [3.05, 3.63) is 48.1 Å². The Morgan fingerprint density at radius 1 is 1.12 bits per heavy atom. The highest BCUT2D eigenvalue weighted by atomic mass is 32.1. The Hall–Kier alpha value is -1.59. The molecular formula is C20H30N4S. The zero-order valence-corrected chi connectivity index (χ0v) is 16.5. The minimum Gasteiger partial charge on any atom is -0.302 e. The number of rotatable bonds is 6. The van der Waals surface area contributed by atoms with Gasteiger partial charge in [-0.15, -0.1) is 0 Å². The fourth-order valence-electron chi connectivity index (χ4n) is 2.84. The van der Waals surface area contributed by atoms with Gasteiger partial charge < -0.3 is 4.90 Å². The first-order valence-corrected chi connectivity index (χ1v) is 9.94. The Morgan fingerprint density at radius 3 is 2.52 bits per heavy atom. The summed E-state index contributed by atoms with van der Waals surface area (Å²) in [6.07, 6.45) is 11.9. The molecule has 5 heteroatoms. The van der Waals surface area contributed by atoms with Crippen LogP contribution in [0.2, 0.25) is 0 Å². The van der Waals surface area contributed by atoms with E-state index in [-0.39, 0.29) is 0 Å². The van der Waals surface area contributed by atoms with Gasteiger partial charge in [0.2, 0.25) is 0 Å². The average Bonchev–Trinajstić information content (AvgIpc) is 3.09. The molecule has 0 aromatic carbocycles. The summed E-state index contributed by atoms with van der Waals surface area (Å²) in [5.41, 5.74) is 3.76. The van der Waals surface area contributed by atoms with E-state index < -0.39 is 0 Å². The lowest BCUT2D eigenvalue weighted by atomic mass is 10.0. The predicted molar refractivity (Wildman–Crippen MR) is 107 cm³/mol. The summed E-state index contributed by atoms with van der Waals surface area (Å²) in [6.45, 7) is 6.76. The van der Waals surface area contributed by atoms with Crippen LogP contribution in [0, 0.1) is 5.92 Å². The van der Waals surface area contributed by atoms with Crippen LogP contribution < -0.4 is 0 Å². The van der Waals surface area contributed by atoms with E-state index in [9.17, 15) is 0 Å². The lowest BCUT2D eigenvalue weighted by molar-refractivity contribution is 0.372. The first-order chi connectivity index (χ1) is 12.2.